The van der Waals surface area contributed by atoms with Gasteiger partial charge in [0.25, 0.3) is 0 Å². The number of nitrogens with zero attached hydrogens (tertiary/aromatic N) is 4. The number of rotatable bonds is 7. The van der Waals surface area contributed by atoms with Crippen LogP contribution in [0, 0.1) is 25.5 Å². The molecule has 2 heterocycles. The van der Waals surface area contributed by atoms with Crippen molar-refractivity contribution in [3.8, 4) is 33.8 Å². The van der Waals surface area contributed by atoms with Crippen molar-refractivity contribution in [3.63, 3.8) is 0 Å². The minimum Gasteiger partial charge on any atom is -0.509 e. The van der Waals surface area contributed by atoms with Crippen molar-refractivity contribution in [1.82, 2.24) is 4.90 Å². The Bertz CT molecular complexity index is 2070. The van der Waals surface area contributed by atoms with Crippen LogP contribution in [0.2, 0.25) is 0 Å². The van der Waals surface area contributed by atoms with Gasteiger partial charge < -0.3 is 24.3 Å². The van der Waals surface area contributed by atoms with Crippen molar-refractivity contribution in [2.75, 3.05) is 21.7 Å². The van der Waals surface area contributed by atoms with E-state index in [0.717, 1.165) is 45.0 Å². The molecule has 8 rings (SSSR count). The van der Waals surface area contributed by atoms with Gasteiger partial charge in [0.1, 0.15) is 0 Å². The van der Waals surface area contributed by atoms with E-state index < -0.39 is 0 Å². The summed E-state index contributed by atoms with van der Waals surface area (Å²) >= 11 is 0. The van der Waals surface area contributed by atoms with E-state index in [9.17, 15) is 0 Å². The predicted molar refractivity (Wildman–Crippen MR) is 200 cm³/mol. The monoisotopic (exact) mass is 742 g/mol. The first-order valence-corrected chi connectivity index (χ1v) is 16.5. The molecule has 0 spiro atoms. The second kappa shape index (κ2) is 14.0. The van der Waals surface area contributed by atoms with Crippen LogP contribution in [0.1, 0.15) is 19.4 Å². The number of anilines is 4. The average Bonchev–Trinajstić information content (AvgIpc) is 3.64. The van der Waals surface area contributed by atoms with E-state index in [4.69, 9.17) is 4.74 Å². The van der Waals surface area contributed by atoms with Gasteiger partial charge in [-0.05, 0) is 56.1 Å². The SMILES string of the molecule is CN1[CH-]N(c2[c-]c(Oc3[c-]c(N4C=CN(c5c(-c6ccccc6)cccc5-c5ccccc5)[CH-]4)ccc3)ccc2)c2ccccc2C1(C)C.[Pd]. The average molecular weight is 743 g/mol. The first-order valence-electron chi connectivity index (χ1n) is 16.5. The van der Waals surface area contributed by atoms with Gasteiger partial charge in [-0.1, -0.05) is 97.1 Å². The zero-order chi connectivity index (χ0) is 33.4. The van der Waals surface area contributed by atoms with Gasteiger partial charge in [-0.3, -0.25) is 0 Å². The maximum atomic E-state index is 6.39. The standard InChI is InChI=1S/C44H36N4O.Pd/c1-44(2)41-25-10-11-26-42(41)48(31-45(44)3)36-20-13-22-38(30-36)49-37-21-12-19-35(29-37)46-27-28-47(32-46)43-39(33-15-6-4-7-16-33)23-14-24-40(43)34-17-8-5-9-18-34;/h4-28,31-32H,1-3H3;/q-4;. The number of hydrogen-bond donors (Lipinski definition) is 0. The molecule has 6 aromatic carbocycles. The van der Waals surface area contributed by atoms with E-state index in [0.29, 0.717) is 11.5 Å². The molecular weight excluding hydrogens is 707 g/mol. The van der Waals surface area contributed by atoms with E-state index in [1.807, 2.05) is 30.3 Å². The summed E-state index contributed by atoms with van der Waals surface area (Å²) in [6.07, 6.45) is 4.15. The molecule has 6 aromatic rings. The molecule has 0 saturated heterocycles. The van der Waals surface area contributed by atoms with E-state index in [-0.39, 0.29) is 26.0 Å². The Hall–Kier alpha value is -5.12. The summed E-state index contributed by atoms with van der Waals surface area (Å²) in [5, 5.41) is 0. The van der Waals surface area contributed by atoms with Crippen molar-refractivity contribution >= 4 is 22.7 Å². The van der Waals surface area contributed by atoms with E-state index in [2.05, 4.69) is 188 Å². The summed E-state index contributed by atoms with van der Waals surface area (Å²) in [5.41, 5.74) is 9.80. The quantitative estimate of drug-likeness (QED) is 0.120. The molecule has 0 fully saturated rings. The van der Waals surface area contributed by atoms with Crippen molar-refractivity contribution in [2.45, 2.75) is 19.4 Å². The molecule has 2 aliphatic rings. The van der Waals surface area contributed by atoms with Crippen LogP contribution in [0.5, 0.6) is 11.5 Å². The summed E-state index contributed by atoms with van der Waals surface area (Å²) < 4.78 is 6.39. The number of ether oxygens (including phenoxy) is 1. The van der Waals surface area contributed by atoms with Gasteiger partial charge in [0.2, 0.25) is 0 Å². The van der Waals surface area contributed by atoms with Crippen LogP contribution in [-0.4, -0.2) is 11.9 Å². The molecule has 0 unspecified atom stereocenters. The van der Waals surface area contributed by atoms with Gasteiger partial charge in [0.15, 0.2) is 0 Å². The van der Waals surface area contributed by atoms with Gasteiger partial charge in [-0.15, -0.1) is 54.4 Å². The Balaban J connectivity index is 0.00000392. The summed E-state index contributed by atoms with van der Waals surface area (Å²) in [6, 6.07) is 55.0. The largest absolute Gasteiger partial charge is 0.509 e. The number of benzene rings is 6. The normalized spacial score (nSPS) is 15.1. The fourth-order valence-corrected chi connectivity index (χ4v) is 6.52. The molecule has 252 valence electrons. The predicted octanol–water partition coefficient (Wildman–Crippen LogP) is 10.8. The van der Waals surface area contributed by atoms with Crippen molar-refractivity contribution in [3.05, 3.63) is 183 Å². The van der Waals surface area contributed by atoms with Crippen molar-refractivity contribution in [1.29, 1.82) is 0 Å². The van der Waals surface area contributed by atoms with Crippen LogP contribution in [0.25, 0.3) is 22.3 Å². The molecule has 0 amide bonds. The van der Waals surface area contributed by atoms with Gasteiger partial charge >= 0.3 is 0 Å². The minimum atomic E-state index is -0.125. The number of para-hydroxylation sites is 2. The smallest absolute Gasteiger partial charge is 0.0284 e. The van der Waals surface area contributed by atoms with Gasteiger partial charge in [0.05, 0.1) is 0 Å². The molecular formula is C44H36N4OPd-4. The number of hydrogen-bond acceptors (Lipinski definition) is 5. The van der Waals surface area contributed by atoms with Crippen LogP contribution in [0.15, 0.2) is 152 Å². The summed E-state index contributed by atoms with van der Waals surface area (Å²) in [5.74, 6) is 1.23. The Morgan fingerprint density at radius 3 is 1.76 bits per heavy atom. The molecule has 0 bridgehead atoms. The van der Waals surface area contributed by atoms with Crippen LogP contribution in [0.4, 0.5) is 22.7 Å². The zero-order valence-corrected chi connectivity index (χ0v) is 29.7. The minimum absolute atomic E-state index is 0. The Labute approximate surface area is 309 Å². The third-order valence-electron chi connectivity index (χ3n) is 9.36. The van der Waals surface area contributed by atoms with E-state index in [1.54, 1.807) is 0 Å². The van der Waals surface area contributed by atoms with Crippen LogP contribution >= 0.6 is 0 Å². The molecule has 6 heteroatoms. The third kappa shape index (κ3) is 6.34. The maximum Gasteiger partial charge on any atom is 0.0284 e. The molecule has 5 nitrogen and oxygen atoms in total. The van der Waals surface area contributed by atoms with E-state index in [1.165, 1.54) is 5.56 Å². The molecule has 0 N–H and O–H groups in total. The maximum absolute atomic E-state index is 6.39. The molecule has 2 aliphatic heterocycles. The van der Waals surface area contributed by atoms with Gasteiger partial charge in [-0.2, -0.15) is 18.8 Å². The van der Waals surface area contributed by atoms with Crippen LogP contribution < -0.4 is 19.4 Å². The fourth-order valence-electron chi connectivity index (χ4n) is 6.52. The second-order valence-electron chi connectivity index (χ2n) is 12.7. The van der Waals surface area contributed by atoms with Crippen LogP contribution in [-0.2, 0) is 26.0 Å². The molecule has 0 radical (unpaired) electrons. The third-order valence-corrected chi connectivity index (χ3v) is 9.36. The molecule has 0 saturated carbocycles. The van der Waals surface area contributed by atoms with E-state index >= 15 is 0 Å². The Morgan fingerprint density at radius 2 is 1.10 bits per heavy atom. The van der Waals surface area contributed by atoms with Crippen molar-refractivity contribution < 1.29 is 25.2 Å². The number of fused-ring (bicyclic) bond motifs is 1. The fraction of sp³-hybridized carbons (Fsp3) is 0.0909. The summed E-state index contributed by atoms with van der Waals surface area (Å²) in [6.45, 7) is 8.70. The van der Waals surface area contributed by atoms with Crippen LogP contribution in [0.3, 0.4) is 0 Å². The summed E-state index contributed by atoms with van der Waals surface area (Å²) in [4.78, 5) is 8.66. The molecule has 0 aromatic heterocycles. The van der Waals surface area contributed by atoms with Gasteiger partial charge in [0, 0.05) is 60.0 Å². The first-order chi connectivity index (χ1) is 24.0. The zero-order valence-electron chi connectivity index (χ0n) is 28.1. The molecule has 0 atom stereocenters. The Morgan fingerprint density at radius 1 is 0.560 bits per heavy atom. The molecule has 0 aliphatic carbocycles. The van der Waals surface area contributed by atoms with Gasteiger partial charge in [-0.25, -0.2) is 0 Å². The van der Waals surface area contributed by atoms with Crippen molar-refractivity contribution in [2.24, 2.45) is 0 Å². The Kier molecular flexibility index (Phi) is 9.36. The first kappa shape index (κ1) is 33.4. The molecule has 50 heavy (non-hydrogen) atoms. The second-order valence-corrected chi connectivity index (χ2v) is 12.7. The summed E-state index contributed by atoms with van der Waals surface area (Å²) in [7, 11) is 2.11. The topological polar surface area (TPSA) is 22.2 Å².